The van der Waals surface area contributed by atoms with Crippen LogP contribution in [0.25, 0.3) is 6.08 Å². The van der Waals surface area contributed by atoms with Crippen molar-refractivity contribution in [2.75, 3.05) is 0 Å². The summed E-state index contributed by atoms with van der Waals surface area (Å²) in [5.41, 5.74) is 0.826. The van der Waals surface area contributed by atoms with E-state index in [1.165, 1.54) is 17.6 Å². The van der Waals surface area contributed by atoms with Crippen LogP contribution in [0.3, 0.4) is 0 Å². The number of carbonyl (C=O) groups is 1. The molecule has 0 spiro atoms. The molecule has 0 radical (unpaired) electrons. The smallest absolute Gasteiger partial charge is 0.328 e. The zero-order chi connectivity index (χ0) is 7.40. The van der Waals surface area contributed by atoms with Crippen molar-refractivity contribution in [3.05, 3.63) is 23.2 Å². The van der Waals surface area contributed by atoms with Crippen LogP contribution in [0.2, 0.25) is 0 Å². The highest BCUT2D eigenvalue weighted by molar-refractivity contribution is 7.03. The molecule has 10 heavy (non-hydrogen) atoms. The number of hydrogen-bond acceptors (Lipinski definition) is 3. The molecular weight excluding hydrogens is 150 g/mol. The Morgan fingerprint density at radius 3 is 3.10 bits per heavy atom. The van der Waals surface area contributed by atoms with Crippen molar-refractivity contribution in [3.63, 3.8) is 0 Å². The summed E-state index contributed by atoms with van der Waals surface area (Å²) in [7, 11) is 0. The molecule has 0 unspecified atom stereocenters. The molecule has 0 amide bonds. The number of aliphatic carboxylic acids is 1. The summed E-state index contributed by atoms with van der Waals surface area (Å²) < 4.78 is 3.80. The number of hydrogen-bond donors (Lipinski definition) is 1. The largest absolute Gasteiger partial charge is 0.478 e. The number of aromatic nitrogens is 1. The summed E-state index contributed by atoms with van der Waals surface area (Å²) in [5.74, 6) is -0.939. The van der Waals surface area contributed by atoms with Gasteiger partial charge in [0.15, 0.2) is 0 Å². The molecule has 0 saturated heterocycles. The van der Waals surface area contributed by atoms with Gasteiger partial charge in [-0.15, -0.1) is 0 Å². The Labute approximate surface area is 61.8 Å². The van der Waals surface area contributed by atoms with E-state index < -0.39 is 5.97 Å². The Hall–Kier alpha value is -1.16. The molecule has 0 fully saturated rings. The lowest BCUT2D eigenvalue weighted by molar-refractivity contribution is -0.131. The van der Waals surface area contributed by atoms with Crippen LogP contribution in [0, 0.1) is 0 Å². The first-order chi connectivity index (χ1) is 4.79. The van der Waals surface area contributed by atoms with E-state index >= 15 is 0 Å². The summed E-state index contributed by atoms with van der Waals surface area (Å²) in [4.78, 5) is 9.99. The van der Waals surface area contributed by atoms with Gasteiger partial charge in [0.25, 0.3) is 0 Å². The van der Waals surface area contributed by atoms with Gasteiger partial charge >= 0.3 is 5.97 Å². The third kappa shape index (κ3) is 1.99. The monoisotopic (exact) mass is 155 g/mol. The van der Waals surface area contributed by atoms with E-state index in [1.807, 2.05) is 0 Å². The Balaban J connectivity index is 2.64. The van der Waals surface area contributed by atoms with E-state index in [2.05, 4.69) is 4.37 Å². The quantitative estimate of drug-likeness (QED) is 0.654. The number of carboxylic acids is 1. The first-order valence-corrected chi connectivity index (χ1v) is 3.43. The molecule has 1 N–H and O–H groups in total. The molecule has 3 nitrogen and oxygen atoms in total. The fraction of sp³-hybridized carbons (Fsp3) is 0. The normalized spacial score (nSPS) is 10.4. The SMILES string of the molecule is O=C(O)/C=C/c1cnsc1. The van der Waals surface area contributed by atoms with Gasteiger partial charge in [-0.3, -0.25) is 0 Å². The van der Waals surface area contributed by atoms with E-state index in [-0.39, 0.29) is 0 Å². The van der Waals surface area contributed by atoms with Crippen molar-refractivity contribution < 1.29 is 9.90 Å². The molecule has 1 rings (SSSR count). The van der Waals surface area contributed by atoms with Crippen molar-refractivity contribution in [2.24, 2.45) is 0 Å². The second-order valence-electron chi connectivity index (χ2n) is 1.63. The van der Waals surface area contributed by atoms with Crippen molar-refractivity contribution >= 4 is 23.6 Å². The summed E-state index contributed by atoms with van der Waals surface area (Å²) in [6.07, 6.45) is 4.21. The number of rotatable bonds is 2. The predicted octanol–water partition coefficient (Wildman–Crippen LogP) is 1.24. The molecule has 0 atom stereocenters. The van der Waals surface area contributed by atoms with E-state index in [0.717, 1.165) is 11.6 Å². The fourth-order valence-electron chi connectivity index (χ4n) is 0.463. The molecule has 1 heterocycles. The summed E-state index contributed by atoms with van der Waals surface area (Å²) in [5, 5.41) is 9.99. The molecular formula is C6H5NO2S. The van der Waals surface area contributed by atoms with Crippen molar-refractivity contribution in [1.82, 2.24) is 4.37 Å². The van der Waals surface area contributed by atoms with Crippen molar-refractivity contribution in [1.29, 1.82) is 0 Å². The minimum Gasteiger partial charge on any atom is -0.478 e. The van der Waals surface area contributed by atoms with Crippen LogP contribution < -0.4 is 0 Å². The molecule has 0 aromatic carbocycles. The molecule has 4 heteroatoms. The Morgan fingerprint density at radius 2 is 2.60 bits per heavy atom. The van der Waals surface area contributed by atoms with Crippen LogP contribution in [0.5, 0.6) is 0 Å². The van der Waals surface area contributed by atoms with Gasteiger partial charge < -0.3 is 5.11 Å². The van der Waals surface area contributed by atoms with Crippen molar-refractivity contribution in [2.45, 2.75) is 0 Å². The minimum atomic E-state index is -0.939. The second kappa shape index (κ2) is 3.12. The van der Waals surface area contributed by atoms with E-state index in [4.69, 9.17) is 5.11 Å². The van der Waals surface area contributed by atoms with E-state index in [9.17, 15) is 4.79 Å². The minimum absolute atomic E-state index is 0.826. The lowest BCUT2D eigenvalue weighted by Gasteiger charge is -1.77. The maximum absolute atomic E-state index is 9.99. The average molecular weight is 155 g/mol. The van der Waals surface area contributed by atoms with Crippen LogP contribution in [-0.2, 0) is 4.79 Å². The fourth-order valence-corrected chi connectivity index (χ4v) is 0.967. The maximum Gasteiger partial charge on any atom is 0.328 e. The van der Waals surface area contributed by atoms with Crippen LogP contribution >= 0.6 is 11.5 Å². The maximum atomic E-state index is 9.99. The van der Waals surface area contributed by atoms with Gasteiger partial charge in [-0.05, 0) is 17.6 Å². The number of nitrogens with zero attached hydrogens (tertiary/aromatic N) is 1. The van der Waals surface area contributed by atoms with Crippen LogP contribution in [-0.4, -0.2) is 15.4 Å². The molecule has 0 bridgehead atoms. The van der Waals surface area contributed by atoms with Gasteiger partial charge in [-0.1, -0.05) is 0 Å². The Kier molecular flexibility index (Phi) is 2.17. The summed E-state index contributed by atoms with van der Waals surface area (Å²) in [6.45, 7) is 0. The Bertz CT molecular complexity index is 240. The zero-order valence-electron chi connectivity index (χ0n) is 5.02. The Morgan fingerprint density at radius 1 is 1.80 bits per heavy atom. The van der Waals surface area contributed by atoms with Gasteiger partial charge in [0.1, 0.15) is 0 Å². The van der Waals surface area contributed by atoms with Gasteiger partial charge in [-0.25, -0.2) is 9.17 Å². The molecule has 1 aromatic heterocycles. The highest BCUT2D eigenvalue weighted by Gasteiger charge is 1.88. The van der Waals surface area contributed by atoms with Gasteiger partial charge in [0, 0.05) is 23.2 Å². The van der Waals surface area contributed by atoms with E-state index in [1.54, 1.807) is 11.6 Å². The lowest BCUT2D eigenvalue weighted by atomic mass is 10.3. The average Bonchev–Trinajstić information content (AvgIpc) is 2.34. The highest BCUT2D eigenvalue weighted by Crippen LogP contribution is 2.02. The van der Waals surface area contributed by atoms with Crippen molar-refractivity contribution in [3.8, 4) is 0 Å². The molecule has 0 saturated carbocycles. The summed E-state index contributed by atoms with van der Waals surface area (Å²) in [6, 6.07) is 0. The van der Waals surface area contributed by atoms with Crippen LogP contribution in [0.4, 0.5) is 0 Å². The third-order valence-corrected chi connectivity index (χ3v) is 1.47. The molecule has 52 valence electrons. The number of carboxylic acid groups (broad SMARTS) is 1. The first kappa shape index (κ1) is 6.95. The second-order valence-corrected chi connectivity index (χ2v) is 2.29. The standard InChI is InChI=1S/C6H5NO2S/c8-6(9)2-1-5-3-7-10-4-5/h1-4H,(H,8,9)/b2-1+. The van der Waals surface area contributed by atoms with Gasteiger partial charge in [0.2, 0.25) is 0 Å². The summed E-state index contributed by atoms with van der Waals surface area (Å²) >= 11 is 1.30. The topological polar surface area (TPSA) is 50.2 Å². The zero-order valence-corrected chi connectivity index (χ0v) is 5.84. The van der Waals surface area contributed by atoms with Crippen LogP contribution in [0.1, 0.15) is 5.56 Å². The first-order valence-electron chi connectivity index (χ1n) is 2.59. The van der Waals surface area contributed by atoms with Crippen LogP contribution in [0.15, 0.2) is 17.7 Å². The highest BCUT2D eigenvalue weighted by atomic mass is 32.1. The third-order valence-electron chi connectivity index (χ3n) is 0.870. The van der Waals surface area contributed by atoms with Gasteiger partial charge in [-0.2, -0.15) is 0 Å². The lowest BCUT2D eigenvalue weighted by Crippen LogP contribution is -1.84. The van der Waals surface area contributed by atoms with E-state index in [0.29, 0.717) is 0 Å². The molecule has 1 aromatic rings. The van der Waals surface area contributed by atoms with Gasteiger partial charge in [0.05, 0.1) is 0 Å². The molecule has 0 aliphatic rings. The molecule has 0 aliphatic heterocycles. The predicted molar refractivity (Wildman–Crippen MR) is 38.8 cm³/mol. The molecule has 0 aliphatic carbocycles.